The maximum Gasteiger partial charge on any atom is 0.412 e. The van der Waals surface area contributed by atoms with Crippen molar-refractivity contribution in [2.75, 3.05) is 18.4 Å². The quantitative estimate of drug-likeness (QED) is 0.422. The molecule has 2 aliphatic rings. The van der Waals surface area contributed by atoms with E-state index in [2.05, 4.69) is 31.3 Å². The monoisotopic (exact) mass is 596 g/mol. The molecule has 4 heterocycles. The van der Waals surface area contributed by atoms with Gasteiger partial charge in [-0.1, -0.05) is 12.1 Å². The second kappa shape index (κ2) is 10.2. The average Bonchev–Trinajstić information content (AvgIpc) is 3.28. The number of halogens is 4. The fourth-order valence-electron chi connectivity index (χ4n) is 4.61. The molecular formula is C24H24BrF3N6O2S. The third kappa shape index (κ3) is 5.43. The highest BCUT2D eigenvalue weighted by Crippen LogP contribution is 2.37. The van der Waals surface area contributed by atoms with Crippen LogP contribution in [0.3, 0.4) is 0 Å². The minimum atomic E-state index is -4.55. The number of alkyl halides is 3. The number of fused-ring (bicyclic) bond motifs is 1. The van der Waals surface area contributed by atoms with Crippen molar-refractivity contribution in [3.05, 3.63) is 75.2 Å². The first-order chi connectivity index (χ1) is 17.6. The van der Waals surface area contributed by atoms with Crippen LogP contribution in [0.5, 0.6) is 0 Å². The first-order valence-electron chi connectivity index (χ1n) is 11.8. The summed E-state index contributed by atoms with van der Waals surface area (Å²) in [7, 11) is -4.07. The van der Waals surface area contributed by atoms with Crippen molar-refractivity contribution in [1.82, 2.24) is 23.9 Å². The fourth-order valence-corrected chi connectivity index (χ4v) is 6.62. The number of anilines is 1. The lowest BCUT2D eigenvalue weighted by Gasteiger charge is -2.32. The van der Waals surface area contributed by atoms with Gasteiger partial charge in [0.25, 0.3) is 0 Å². The molecule has 1 saturated heterocycles. The van der Waals surface area contributed by atoms with Crippen LogP contribution >= 0.6 is 15.9 Å². The predicted molar refractivity (Wildman–Crippen MR) is 136 cm³/mol. The second-order valence-electron chi connectivity index (χ2n) is 9.02. The van der Waals surface area contributed by atoms with Crippen LogP contribution in [0.15, 0.2) is 63.9 Å². The zero-order valence-electron chi connectivity index (χ0n) is 19.6. The standard InChI is InChI=1S/C24H24BrF3N6O2S/c25-20-14-31-34-22(30-13-16-4-2-8-29-12-16)11-21(32-23(20)34)17-5-3-9-33(15-17)37(35,36)19-7-1-6-18(10-19)24(26,27)28/h2,4,7-8,10-12,14,17,30H,1,3,5-6,9,13,15H2. The molecule has 0 amide bonds. The number of allylic oxidation sites excluding steroid dienone is 3. The van der Waals surface area contributed by atoms with Gasteiger partial charge in [-0.05, 0) is 59.3 Å². The molecule has 1 unspecified atom stereocenters. The van der Waals surface area contributed by atoms with Crippen LogP contribution in [0, 0.1) is 0 Å². The van der Waals surface area contributed by atoms with Crippen molar-refractivity contribution in [2.45, 2.75) is 44.3 Å². The zero-order valence-corrected chi connectivity index (χ0v) is 22.0. The van der Waals surface area contributed by atoms with Crippen LogP contribution in [0.25, 0.3) is 5.65 Å². The Balaban J connectivity index is 1.42. The van der Waals surface area contributed by atoms with Gasteiger partial charge in [0.05, 0.1) is 21.3 Å². The Labute approximate surface area is 220 Å². The molecule has 5 rings (SSSR count). The number of pyridine rings is 1. The summed E-state index contributed by atoms with van der Waals surface area (Å²) < 4.78 is 70.0. The Bertz CT molecular complexity index is 1470. The van der Waals surface area contributed by atoms with Gasteiger partial charge >= 0.3 is 6.18 Å². The SMILES string of the molecule is O=S(=O)(C1=CCCC(C(F)(F)F)=C1)N1CCCC(c2cc(NCc3cccnc3)n3ncc(Br)c3n2)C1. The van der Waals surface area contributed by atoms with E-state index in [4.69, 9.17) is 4.98 Å². The second-order valence-corrected chi connectivity index (χ2v) is 11.8. The number of rotatable bonds is 6. The molecular weight excluding hydrogens is 573 g/mol. The number of nitrogens with zero attached hydrogens (tertiary/aromatic N) is 5. The van der Waals surface area contributed by atoms with E-state index in [-0.39, 0.29) is 36.8 Å². The number of sulfonamides is 1. The summed E-state index contributed by atoms with van der Waals surface area (Å²) in [6.45, 7) is 0.874. The van der Waals surface area contributed by atoms with Crippen LogP contribution in [-0.2, 0) is 16.6 Å². The summed E-state index contributed by atoms with van der Waals surface area (Å²) in [5.41, 5.74) is 1.43. The van der Waals surface area contributed by atoms with Crippen molar-refractivity contribution in [1.29, 1.82) is 0 Å². The van der Waals surface area contributed by atoms with Crippen molar-refractivity contribution < 1.29 is 21.6 Å². The molecule has 1 atom stereocenters. The van der Waals surface area contributed by atoms with Crippen LogP contribution in [0.4, 0.5) is 19.0 Å². The molecule has 37 heavy (non-hydrogen) atoms. The van der Waals surface area contributed by atoms with E-state index in [1.54, 1.807) is 23.1 Å². The van der Waals surface area contributed by atoms with Crippen LogP contribution in [0.2, 0.25) is 0 Å². The molecule has 196 valence electrons. The first-order valence-corrected chi connectivity index (χ1v) is 14.0. The topological polar surface area (TPSA) is 92.5 Å². The number of hydrogen-bond acceptors (Lipinski definition) is 6. The normalized spacial score (nSPS) is 19.5. The van der Waals surface area contributed by atoms with E-state index < -0.39 is 21.8 Å². The van der Waals surface area contributed by atoms with Gasteiger partial charge in [0.1, 0.15) is 5.82 Å². The van der Waals surface area contributed by atoms with Gasteiger partial charge < -0.3 is 5.32 Å². The van der Waals surface area contributed by atoms with Crippen LogP contribution in [0.1, 0.15) is 42.9 Å². The minimum absolute atomic E-state index is 0.0383. The number of aromatic nitrogens is 4. The number of piperidine rings is 1. The molecule has 0 bridgehead atoms. The summed E-state index contributed by atoms with van der Waals surface area (Å²) in [6, 6.07) is 5.65. The lowest BCUT2D eigenvalue weighted by atomic mass is 9.96. The van der Waals surface area contributed by atoms with Gasteiger partial charge in [-0.2, -0.15) is 27.1 Å². The Morgan fingerprint density at radius 3 is 2.84 bits per heavy atom. The van der Waals surface area contributed by atoms with Crippen molar-refractivity contribution in [2.24, 2.45) is 0 Å². The number of hydrogen-bond donors (Lipinski definition) is 1. The highest BCUT2D eigenvalue weighted by Gasteiger charge is 2.38. The number of nitrogens with one attached hydrogen (secondary N) is 1. The smallest absolute Gasteiger partial charge is 0.366 e. The predicted octanol–water partition coefficient (Wildman–Crippen LogP) is 5.17. The van der Waals surface area contributed by atoms with Gasteiger partial charge in [0.2, 0.25) is 10.0 Å². The fraction of sp³-hybridized carbons (Fsp3) is 0.375. The van der Waals surface area contributed by atoms with Crippen molar-refractivity contribution >= 4 is 37.4 Å². The van der Waals surface area contributed by atoms with Gasteiger partial charge in [-0.25, -0.2) is 13.4 Å². The van der Waals surface area contributed by atoms with E-state index in [0.29, 0.717) is 41.0 Å². The summed E-state index contributed by atoms with van der Waals surface area (Å²) in [5, 5.41) is 7.73. The van der Waals surface area contributed by atoms with E-state index in [1.165, 1.54) is 10.4 Å². The Kier molecular flexibility index (Phi) is 7.12. The van der Waals surface area contributed by atoms with Crippen LogP contribution in [-0.4, -0.2) is 51.6 Å². The summed E-state index contributed by atoms with van der Waals surface area (Å²) in [4.78, 5) is 8.59. The molecule has 0 aromatic carbocycles. The van der Waals surface area contributed by atoms with Crippen molar-refractivity contribution in [3.8, 4) is 0 Å². The Morgan fingerprint density at radius 2 is 2.08 bits per heavy atom. The van der Waals surface area contributed by atoms with E-state index in [9.17, 15) is 21.6 Å². The molecule has 1 aliphatic heterocycles. The summed E-state index contributed by atoms with van der Waals surface area (Å²) in [6.07, 6.45) is 3.79. The van der Waals surface area contributed by atoms with E-state index in [1.807, 2.05) is 18.2 Å². The van der Waals surface area contributed by atoms with Gasteiger partial charge in [0.15, 0.2) is 5.65 Å². The van der Waals surface area contributed by atoms with Gasteiger partial charge in [-0.15, -0.1) is 0 Å². The molecule has 0 radical (unpaired) electrons. The molecule has 3 aromatic rings. The highest BCUT2D eigenvalue weighted by molar-refractivity contribution is 9.10. The maximum atomic E-state index is 13.3. The lowest BCUT2D eigenvalue weighted by molar-refractivity contribution is -0.0940. The third-order valence-electron chi connectivity index (χ3n) is 6.52. The first kappa shape index (κ1) is 25.9. The molecule has 8 nitrogen and oxygen atoms in total. The van der Waals surface area contributed by atoms with E-state index in [0.717, 1.165) is 11.6 Å². The molecule has 1 aliphatic carbocycles. The Hall–Kier alpha value is -2.77. The summed E-state index contributed by atoms with van der Waals surface area (Å²) in [5.74, 6) is 0.451. The summed E-state index contributed by atoms with van der Waals surface area (Å²) >= 11 is 3.48. The van der Waals surface area contributed by atoms with Gasteiger partial charge in [-0.3, -0.25) is 4.98 Å². The van der Waals surface area contributed by atoms with E-state index >= 15 is 0 Å². The molecule has 13 heteroatoms. The molecule has 0 spiro atoms. The zero-order chi connectivity index (χ0) is 26.2. The average molecular weight is 597 g/mol. The molecule has 3 aromatic heterocycles. The van der Waals surface area contributed by atoms with Crippen molar-refractivity contribution in [3.63, 3.8) is 0 Å². The molecule has 0 saturated carbocycles. The molecule has 1 fully saturated rings. The molecule has 1 N–H and O–H groups in total. The van der Waals surface area contributed by atoms with Gasteiger partial charge in [0, 0.05) is 49.6 Å². The van der Waals surface area contributed by atoms with Crippen LogP contribution < -0.4 is 5.32 Å². The highest BCUT2D eigenvalue weighted by atomic mass is 79.9. The lowest BCUT2D eigenvalue weighted by Crippen LogP contribution is -2.40. The third-order valence-corrected chi connectivity index (χ3v) is 8.98. The Morgan fingerprint density at radius 1 is 1.24 bits per heavy atom. The minimum Gasteiger partial charge on any atom is -0.366 e. The largest absolute Gasteiger partial charge is 0.412 e. The maximum absolute atomic E-state index is 13.3.